The van der Waals surface area contributed by atoms with Crippen molar-refractivity contribution in [2.45, 2.75) is 32.8 Å². The third kappa shape index (κ3) is 9.46. The van der Waals surface area contributed by atoms with Gasteiger partial charge in [0.15, 0.2) is 0 Å². The molecule has 0 saturated heterocycles. The lowest BCUT2D eigenvalue weighted by Crippen LogP contribution is -2.22. The lowest BCUT2D eigenvalue weighted by atomic mass is 10.1. The molecule has 2 rings (SSSR count). The van der Waals surface area contributed by atoms with Crippen LogP contribution in [0.4, 0.5) is 11.4 Å². The van der Waals surface area contributed by atoms with E-state index in [0.29, 0.717) is 12.1 Å². The van der Waals surface area contributed by atoms with Gasteiger partial charge in [0.2, 0.25) is 0 Å². The van der Waals surface area contributed by atoms with Crippen molar-refractivity contribution in [1.29, 1.82) is 0 Å². The molecule has 0 fully saturated rings. The average molecular weight is 399 g/mol. The van der Waals surface area contributed by atoms with Crippen LogP contribution in [0, 0.1) is 0 Å². The first kappa shape index (κ1) is 23.8. The Kier molecular flexibility index (Phi) is 9.45. The molecule has 0 unspecified atom stereocenters. The second kappa shape index (κ2) is 11.5. The highest BCUT2D eigenvalue weighted by molar-refractivity contribution is 5.87. The third-order valence-corrected chi connectivity index (χ3v) is 3.65. The summed E-state index contributed by atoms with van der Waals surface area (Å²) in [6, 6.07) is 13.0. The van der Waals surface area contributed by atoms with Gasteiger partial charge < -0.3 is 25.3 Å². The third-order valence-electron chi connectivity index (χ3n) is 3.65. The molecule has 0 aliphatic carbocycles. The SMILES string of the molecule is CC(C)(C)OC(=O)/C=C/c1ccc(CC=O)cc1.CNc1ccc(OC)cc1N. The van der Waals surface area contributed by atoms with Crippen molar-refractivity contribution in [1.82, 2.24) is 0 Å². The van der Waals surface area contributed by atoms with E-state index in [9.17, 15) is 9.59 Å². The first-order chi connectivity index (χ1) is 13.7. The molecule has 0 aliphatic heterocycles. The van der Waals surface area contributed by atoms with E-state index in [0.717, 1.165) is 28.8 Å². The van der Waals surface area contributed by atoms with Crippen molar-refractivity contribution in [3.05, 3.63) is 59.7 Å². The quantitative estimate of drug-likeness (QED) is 0.329. The van der Waals surface area contributed by atoms with Crippen LogP contribution >= 0.6 is 0 Å². The molecule has 0 radical (unpaired) electrons. The number of esters is 1. The topological polar surface area (TPSA) is 90.7 Å². The molecular weight excluding hydrogens is 368 g/mol. The summed E-state index contributed by atoms with van der Waals surface area (Å²) in [5, 5.41) is 2.97. The number of benzene rings is 2. The van der Waals surface area contributed by atoms with Crippen molar-refractivity contribution in [2.24, 2.45) is 0 Å². The number of hydrogen-bond donors (Lipinski definition) is 2. The second-order valence-corrected chi connectivity index (χ2v) is 7.18. The molecule has 3 N–H and O–H groups in total. The Morgan fingerprint density at radius 2 is 1.79 bits per heavy atom. The monoisotopic (exact) mass is 398 g/mol. The van der Waals surface area contributed by atoms with E-state index in [4.69, 9.17) is 15.2 Å². The summed E-state index contributed by atoms with van der Waals surface area (Å²) in [4.78, 5) is 21.8. The molecule has 0 atom stereocenters. The number of carbonyl (C=O) groups is 2. The van der Waals surface area contributed by atoms with Gasteiger partial charge in [-0.1, -0.05) is 24.3 Å². The summed E-state index contributed by atoms with van der Waals surface area (Å²) in [5.74, 6) is 0.418. The van der Waals surface area contributed by atoms with Crippen LogP contribution in [0.25, 0.3) is 6.08 Å². The van der Waals surface area contributed by atoms with Gasteiger partial charge in [0.05, 0.1) is 18.5 Å². The fourth-order valence-corrected chi connectivity index (χ4v) is 2.26. The summed E-state index contributed by atoms with van der Waals surface area (Å²) in [7, 11) is 3.45. The highest BCUT2D eigenvalue weighted by Crippen LogP contribution is 2.23. The van der Waals surface area contributed by atoms with Crippen LogP contribution in [-0.4, -0.2) is 32.0 Å². The Bertz CT molecular complexity index is 822. The zero-order valence-corrected chi connectivity index (χ0v) is 17.7. The number of methoxy groups -OCH3 is 1. The number of anilines is 2. The van der Waals surface area contributed by atoms with Gasteiger partial charge in [0.25, 0.3) is 0 Å². The van der Waals surface area contributed by atoms with Crippen LogP contribution in [0.15, 0.2) is 48.5 Å². The van der Waals surface area contributed by atoms with E-state index in [1.165, 1.54) is 6.08 Å². The van der Waals surface area contributed by atoms with Gasteiger partial charge in [0, 0.05) is 25.6 Å². The van der Waals surface area contributed by atoms with Gasteiger partial charge in [-0.25, -0.2) is 4.79 Å². The van der Waals surface area contributed by atoms with E-state index >= 15 is 0 Å². The highest BCUT2D eigenvalue weighted by Gasteiger charge is 2.13. The molecule has 0 aliphatic rings. The fourth-order valence-electron chi connectivity index (χ4n) is 2.26. The van der Waals surface area contributed by atoms with Crippen LogP contribution in [0.5, 0.6) is 5.75 Å². The number of nitrogens with two attached hydrogens (primary N) is 1. The lowest BCUT2D eigenvalue weighted by Gasteiger charge is -2.17. The van der Waals surface area contributed by atoms with E-state index in [1.807, 2.05) is 64.2 Å². The summed E-state index contributed by atoms with van der Waals surface area (Å²) in [5.41, 5.74) is 8.67. The normalized spacial score (nSPS) is 10.7. The molecule has 0 bridgehead atoms. The van der Waals surface area contributed by atoms with Crippen molar-refractivity contribution in [3.63, 3.8) is 0 Å². The van der Waals surface area contributed by atoms with Crippen molar-refractivity contribution in [3.8, 4) is 5.75 Å². The summed E-state index contributed by atoms with van der Waals surface area (Å²) in [6.07, 6.45) is 4.38. The molecule has 0 amide bonds. The number of ether oxygens (including phenoxy) is 2. The summed E-state index contributed by atoms with van der Waals surface area (Å²) >= 11 is 0. The molecule has 0 aromatic heterocycles. The average Bonchev–Trinajstić information content (AvgIpc) is 2.67. The van der Waals surface area contributed by atoms with Gasteiger partial charge in [-0.2, -0.15) is 0 Å². The van der Waals surface area contributed by atoms with Gasteiger partial charge in [-0.3, -0.25) is 0 Å². The van der Waals surface area contributed by atoms with Crippen molar-refractivity contribution < 1.29 is 19.1 Å². The zero-order valence-electron chi connectivity index (χ0n) is 17.7. The number of nitrogens with one attached hydrogen (secondary N) is 1. The number of carbonyl (C=O) groups excluding carboxylic acids is 2. The number of rotatable bonds is 6. The van der Waals surface area contributed by atoms with Crippen molar-refractivity contribution >= 4 is 29.7 Å². The maximum atomic E-state index is 11.4. The minimum absolute atomic E-state index is 0.362. The molecule has 0 saturated carbocycles. The maximum Gasteiger partial charge on any atom is 0.331 e. The first-order valence-electron chi connectivity index (χ1n) is 9.23. The van der Waals surface area contributed by atoms with Gasteiger partial charge in [0.1, 0.15) is 17.6 Å². The molecule has 29 heavy (non-hydrogen) atoms. The highest BCUT2D eigenvalue weighted by atomic mass is 16.6. The van der Waals surface area contributed by atoms with Crippen LogP contribution < -0.4 is 15.8 Å². The molecule has 2 aromatic rings. The minimum atomic E-state index is -0.477. The molecule has 0 heterocycles. The Morgan fingerprint density at radius 3 is 2.28 bits per heavy atom. The van der Waals surface area contributed by atoms with Crippen LogP contribution in [-0.2, 0) is 20.7 Å². The van der Waals surface area contributed by atoms with Gasteiger partial charge in [-0.05, 0) is 50.1 Å². The first-order valence-corrected chi connectivity index (χ1v) is 9.23. The molecule has 0 spiro atoms. The predicted molar refractivity (Wildman–Crippen MR) is 118 cm³/mol. The van der Waals surface area contributed by atoms with Crippen molar-refractivity contribution in [2.75, 3.05) is 25.2 Å². The van der Waals surface area contributed by atoms with E-state index in [-0.39, 0.29) is 5.97 Å². The summed E-state index contributed by atoms with van der Waals surface area (Å²) in [6.45, 7) is 5.48. The Morgan fingerprint density at radius 1 is 1.14 bits per heavy atom. The number of aldehydes is 1. The van der Waals surface area contributed by atoms with E-state index in [1.54, 1.807) is 19.3 Å². The van der Waals surface area contributed by atoms with E-state index in [2.05, 4.69) is 5.32 Å². The van der Waals surface area contributed by atoms with Gasteiger partial charge in [-0.15, -0.1) is 0 Å². The predicted octanol–water partition coefficient (Wildman–Crippen LogP) is 4.10. The zero-order chi connectivity index (χ0) is 21.9. The molecule has 6 heteroatoms. The second-order valence-electron chi connectivity index (χ2n) is 7.18. The van der Waals surface area contributed by atoms with Crippen LogP contribution in [0.1, 0.15) is 31.9 Å². The molecule has 6 nitrogen and oxygen atoms in total. The molecule has 2 aromatic carbocycles. The molecule has 156 valence electrons. The van der Waals surface area contributed by atoms with Crippen LogP contribution in [0.3, 0.4) is 0 Å². The number of hydrogen-bond acceptors (Lipinski definition) is 6. The minimum Gasteiger partial charge on any atom is -0.497 e. The number of nitrogen functional groups attached to an aromatic ring is 1. The van der Waals surface area contributed by atoms with Crippen LogP contribution in [0.2, 0.25) is 0 Å². The Hall–Kier alpha value is -3.28. The van der Waals surface area contributed by atoms with Gasteiger partial charge >= 0.3 is 5.97 Å². The Balaban J connectivity index is 0.000000326. The maximum absolute atomic E-state index is 11.4. The standard InChI is InChI=1S/C15H18O3.C8H12N2O/c1-15(2,3)18-14(17)9-8-12-4-6-13(7-5-12)10-11-16;1-10-8-4-3-6(11-2)5-7(8)9/h4-9,11H,10H2,1-3H3;3-5,10H,9H2,1-2H3/b9-8+;. The molecular formula is C23H30N2O4. The Labute approximate surface area is 172 Å². The smallest absolute Gasteiger partial charge is 0.331 e. The fraction of sp³-hybridized carbons (Fsp3) is 0.304. The lowest BCUT2D eigenvalue weighted by molar-refractivity contribution is -0.148. The van der Waals surface area contributed by atoms with E-state index < -0.39 is 5.60 Å². The largest absolute Gasteiger partial charge is 0.497 e. The summed E-state index contributed by atoms with van der Waals surface area (Å²) < 4.78 is 10.1.